The lowest BCUT2D eigenvalue weighted by Crippen LogP contribution is -2.28. The third-order valence-corrected chi connectivity index (χ3v) is 5.11. The van der Waals surface area contributed by atoms with Crippen molar-refractivity contribution in [3.8, 4) is 6.07 Å². The van der Waals surface area contributed by atoms with Gasteiger partial charge in [-0.05, 0) is 26.3 Å². The molecule has 0 aliphatic carbocycles. The highest BCUT2D eigenvalue weighted by molar-refractivity contribution is 7.09. The average molecular weight is 328 g/mol. The third-order valence-electron chi connectivity index (χ3n) is 4.19. The molecule has 0 saturated carbocycles. The molecule has 7 heteroatoms. The molecule has 0 aromatic carbocycles. The van der Waals surface area contributed by atoms with Crippen LogP contribution in [0.15, 0.2) is 17.9 Å². The summed E-state index contributed by atoms with van der Waals surface area (Å²) in [4.78, 5) is 18.7. The van der Waals surface area contributed by atoms with Gasteiger partial charge in [-0.1, -0.05) is 0 Å². The van der Waals surface area contributed by atoms with E-state index in [1.807, 2.05) is 11.6 Å². The number of rotatable bonds is 5. The van der Waals surface area contributed by atoms with Crippen LogP contribution in [0.3, 0.4) is 0 Å². The normalized spacial score (nSPS) is 17.7. The van der Waals surface area contributed by atoms with Crippen LogP contribution in [0.2, 0.25) is 0 Å². The van der Waals surface area contributed by atoms with E-state index in [-0.39, 0.29) is 0 Å². The van der Waals surface area contributed by atoms with Crippen LogP contribution in [0, 0.1) is 24.2 Å². The van der Waals surface area contributed by atoms with E-state index < -0.39 is 0 Å². The lowest BCUT2D eigenvalue weighted by Gasteiger charge is -2.21. The molecule has 1 fully saturated rings. The van der Waals surface area contributed by atoms with Crippen molar-refractivity contribution < 1.29 is 0 Å². The first-order chi connectivity index (χ1) is 11.2. The van der Waals surface area contributed by atoms with E-state index >= 15 is 0 Å². The van der Waals surface area contributed by atoms with Gasteiger partial charge in [-0.2, -0.15) is 5.26 Å². The maximum absolute atomic E-state index is 8.78. The number of nitriles is 1. The molecule has 0 amide bonds. The zero-order chi connectivity index (χ0) is 16.2. The van der Waals surface area contributed by atoms with Gasteiger partial charge >= 0.3 is 0 Å². The Bertz CT molecular complexity index is 689. The number of thiazole rings is 1. The molecule has 3 rings (SSSR count). The van der Waals surface area contributed by atoms with Crippen LogP contribution in [-0.4, -0.2) is 46.5 Å². The second-order valence-electron chi connectivity index (χ2n) is 6.03. The Morgan fingerprint density at radius 1 is 1.39 bits per heavy atom. The highest BCUT2D eigenvalue weighted by Gasteiger charge is 2.25. The van der Waals surface area contributed by atoms with Gasteiger partial charge in [0.1, 0.15) is 11.9 Å². The summed E-state index contributed by atoms with van der Waals surface area (Å²) < 4.78 is 0. The molecule has 1 unspecified atom stereocenters. The third kappa shape index (κ3) is 3.84. The maximum Gasteiger partial charge on any atom is 0.158 e. The minimum absolute atomic E-state index is 0.365. The van der Waals surface area contributed by atoms with Crippen LogP contribution < -0.4 is 4.90 Å². The lowest BCUT2D eigenvalue weighted by atomic mass is 10.1. The standard InChI is InChI=1S/C16H20N6S/c1-12-15(23-11-20-12)10-21(2)8-13-3-4-22(9-13)16-7-18-14(5-17)6-19-16/h6-7,11,13H,3-4,8-10H2,1-2H3. The largest absolute Gasteiger partial charge is 0.355 e. The molecule has 23 heavy (non-hydrogen) atoms. The monoisotopic (exact) mass is 328 g/mol. The zero-order valence-corrected chi connectivity index (χ0v) is 14.3. The van der Waals surface area contributed by atoms with Crippen molar-refractivity contribution in [1.82, 2.24) is 19.9 Å². The van der Waals surface area contributed by atoms with E-state index in [0.29, 0.717) is 11.6 Å². The Kier molecular flexibility index (Phi) is 4.84. The number of hydrogen-bond donors (Lipinski definition) is 0. The summed E-state index contributed by atoms with van der Waals surface area (Å²) in [5.41, 5.74) is 3.42. The summed E-state index contributed by atoms with van der Waals surface area (Å²) in [5.74, 6) is 1.50. The molecular weight excluding hydrogens is 308 g/mol. The number of anilines is 1. The molecule has 6 nitrogen and oxygen atoms in total. The molecule has 1 atom stereocenters. The lowest BCUT2D eigenvalue weighted by molar-refractivity contribution is 0.281. The minimum Gasteiger partial charge on any atom is -0.355 e. The van der Waals surface area contributed by atoms with Gasteiger partial charge in [0.25, 0.3) is 0 Å². The number of nitrogens with zero attached hydrogens (tertiary/aromatic N) is 6. The van der Waals surface area contributed by atoms with Crippen molar-refractivity contribution in [2.24, 2.45) is 5.92 Å². The maximum atomic E-state index is 8.78. The summed E-state index contributed by atoms with van der Waals surface area (Å²) >= 11 is 1.73. The minimum atomic E-state index is 0.365. The summed E-state index contributed by atoms with van der Waals surface area (Å²) in [6.45, 7) is 6.09. The quantitative estimate of drug-likeness (QED) is 0.837. The van der Waals surface area contributed by atoms with Crippen molar-refractivity contribution in [2.75, 3.05) is 31.6 Å². The molecule has 2 aromatic rings. The first-order valence-electron chi connectivity index (χ1n) is 7.70. The topological polar surface area (TPSA) is 68.9 Å². The van der Waals surface area contributed by atoms with Crippen molar-refractivity contribution in [1.29, 1.82) is 5.26 Å². The Labute approximate surface area is 140 Å². The van der Waals surface area contributed by atoms with Crippen molar-refractivity contribution >= 4 is 17.2 Å². The molecular formula is C16H20N6S. The fourth-order valence-electron chi connectivity index (χ4n) is 2.96. The Balaban J connectivity index is 1.53. The van der Waals surface area contributed by atoms with Gasteiger partial charge in [0.15, 0.2) is 5.69 Å². The number of aromatic nitrogens is 3. The van der Waals surface area contributed by atoms with Gasteiger partial charge in [-0.15, -0.1) is 11.3 Å². The van der Waals surface area contributed by atoms with Crippen LogP contribution in [0.5, 0.6) is 0 Å². The molecule has 0 bridgehead atoms. The van der Waals surface area contributed by atoms with E-state index in [0.717, 1.165) is 44.1 Å². The van der Waals surface area contributed by atoms with E-state index in [1.54, 1.807) is 23.7 Å². The molecule has 0 radical (unpaired) electrons. The van der Waals surface area contributed by atoms with Crippen LogP contribution in [0.1, 0.15) is 22.7 Å². The number of hydrogen-bond acceptors (Lipinski definition) is 7. The van der Waals surface area contributed by atoms with Gasteiger partial charge in [-0.25, -0.2) is 15.0 Å². The van der Waals surface area contributed by atoms with Gasteiger partial charge < -0.3 is 9.80 Å². The van der Waals surface area contributed by atoms with Gasteiger partial charge in [-0.3, -0.25) is 0 Å². The Morgan fingerprint density at radius 2 is 2.26 bits per heavy atom. The second kappa shape index (κ2) is 7.02. The summed E-state index contributed by atoms with van der Waals surface area (Å²) in [6, 6.07) is 2.00. The van der Waals surface area contributed by atoms with E-state index in [2.05, 4.69) is 38.7 Å². The predicted molar refractivity (Wildman–Crippen MR) is 90.3 cm³/mol. The smallest absolute Gasteiger partial charge is 0.158 e. The molecule has 120 valence electrons. The van der Waals surface area contributed by atoms with Gasteiger partial charge in [0, 0.05) is 31.1 Å². The van der Waals surface area contributed by atoms with E-state index in [9.17, 15) is 0 Å². The van der Waals surface area contributed by atoms with Crippen molar-refractivity contribution in [3.05, 3.63) is 34.2 Å². The van der Waals surface area contributed by atoms with Crippen molar-refractivity contribution in [3.63, 3.8) is 0 Å². The first kappa shape index (κ1) is 15.8. The predicted octanol–water partition coefficient (Wildman–Crippen LogP) is 2.07. The van der Waals surface area contributed by atoms with E-state index in [1.165, 1.54) is 4.88 Å². The second-order valence-corrected chi connectivity index (χ2v) is 6.97. The van der Waals surface area contributed by atoms with Crippen LogP contribution in [0.4, 0.5) is 5.82 Å². The first-order valence-corrected chi connectivity index (χ1v) is 8.58. The average Bonchev–Trinajstić information content (AvgIpc) is 3.17. The van der Waals surface area contributed by atoms with Crippen LogP contribution in [0.25, 0.3) is 0 Å². The molecule has 0 N–H and O–H groups in total. The van der Waals surface area contributed by atoms with Crippen LogP contribution in [-0.2, 0) is 6.54 Å². The Hall–Kier alpha value is -2.04. The van der Waals surface area contributed by atoms with Crippen molar-refractivity contribution in [2.45, 2.75) is 19.9 Å². The SMILES string of the molecule is Cc1ncsc1CN(C)CC1CCN(c2cnc(C#N)cn2)C1. The van der Waals surface area contributed by atoms with Crippen LogP contribution >= 0.6 is 11.3 Å². The van der Waals surface area contributed by atoms with E-state index in [4.69, 9.17) is 5.26 Å². The molecule has 1 aliphatic heterocycles. The Morgan fingerprint density at radius 3 is 2.91 bits per heavy atom. The highest BCUT2D eigenvalue weighted by atomic mass is 32.1. The highest BCUT2D eigenvalue weighted by Crippen LogP contribution is 2.23. The fraction of sp³-hybridized carbons (Fsp3) is 0.500. The molecule has 0 spiro atoms. The molecule has 1 saturated heterocycles. The van der Waals surface area contributed by atoms with Gasteiger partial charge in [0.2, 0.25) is 0 Å². The zero-order valence-electron chi connectivity index (χ0n) is 13.4. The number of aryl methyl sites for hydroxylation is 1. The summed E-state index contributed by atoms with van der Waals surface area (Å²) in [7, 11) is 2.17. The molecule has 3 heterocycles. The van der Waals surface area contributed by atoms with Gasteiger partial charge in [0.05, 0.1) is 23.6 Å². The summed E-state index contributed by atoms with van der Waals surface area (Å²) in [5, 5.41) is 8.78. The summed E-state index contributed by atoms with van der Waals surface area (Å²) in [6.07, 6.45) is 4.40. The fourth-order valence-corrected chi connectivity index (χ4v) is 3.82. The molecule has 1 aliphatic rings. The molecule has 2 aromatic heterocycles.